The van der Waals surface area contributed by atoms with E-state index in [1.807, 2.05) is 13.8 Å². The molecule has 0 aliphatic carbocycles. The summed E-state index contributed by atoms with van der Waals surface area (Å²) in [7, 11) is 0. The SMILES string of the molecule is CC.CC(C)(C)OC(=O)NCC(=O)NC1CCOC1. The molecule has 0 radical (unpaired) electrons. The molecular weight excluding hydrogens is 248 g/mol. The number of alkyl carbamates (subject to hydrolysis) is 1. The molecule has 2 amide bonds. The van der Waals surface area contributed by atoms with Crippen LogP contribution in [0.3, 0.4) is 0 Å². The molecule has 6 nitrogen and oxygen atoms in total. The van der Waals surface area contributed by atoms with Gasteiger partial charge in [-0.3, -0.25) is 4.79 Å². The maximum Gasteiger partial charge on any atom is 0.408 e. The number of hydrogen-bond donors (Lipinski definition) is 2. The minimum absolute atomic E-state index is 0.0583. The molecule has 1 aliphatic rings. The molecule has 0 aromatic carbocycles. The molecule has 0 bridgehead atoms. The molecule has 0 saturated carbocycles. The van der Waals surface area contributed by atoms with Crippen LogP contribution in [0.15, 0.2) is 0 Å². The smallest absolute Gasteiger partial charge is 0.408 e. The number of nitrogens with one attached hydrogen (secondary N) is 2. The van der Waals surface area contributed by atoms with Crippen LogP contribution in [0.5, 0.6) is 0 Å². The zero-order valence-electron chi connectivity index (χ0n) is 12.5. The second-order valence-electron chi connectivity index (χ2n) is 4.98. The number of hydrogen-bond acceptors (Lipinski definition) is 4. The van der Waals surface area contributed by atoms with E-state index in [2.05, 4.69) is 10.6 Å². The third kappa shape index (κ3) is 9.30. The highest BCUT2D eigenvalue weighted by Gasteiger charge is 2.19. The Kier molecular flexibility index (Phi) is 8.14. The maximum absolute atomic E-state index is 11.4. The van der Waals surface area contributed by atoms with Crippen LogP contribution in [0.4, 0.5) is 4.79 Å². The van der Waals surface area contributed by atoms with Crippen molar-refractivity contribution in [2.75, 3.05) is 19.8 Å². The fourth-order valence-corrected chi connectivity index (χ4v) is 1.39. The van der Waals surface area contributed by atoms with Crippen LogP contribution in [-0.2, 0) is 14.3 Å². The molecule has 1 rings (SSSR count). The molecule has 1 unspecified atom stereocenters. The summed E-state index contributed by atoms with van der Waals surface area (Å²) in [6.07, 6.45) is 0.230. The summed E-state index contributed by atoms with van der Waals surface area (Å²) in [6.45, 7) is 10.4. The normalized spacial score (nSPS) is 18.1. The van der Waals surface area contributed by atoms with Crippen molar-refractivity contribution in [2.24, 2.45) is 0 Å². The van der Waals surface area contributed by atoms with E-state index in [4.69, 9.17) is 9.47 Å². The Morgan fingerprint density at radius 3 is 2.42 bits per heavy atom. The van der Waals surface area contributed by atoms with E-state index >= 15 is 0 Å². The van der Waals surface area contributed by atoms with Gasteiger partial charge < -0.3 is 20.1 Å². The van der Waals surface area contributed by atoms with E-state index in [1.54, 1.807) is 20.8 Å². The van der Waals surface area contributed by atoms with Crippen LogP contribution in [-0.4, -0.2) is 43.4 Å². The van der Waals surface area contributed by atoms with Crippen molar-refractivity contribution in [3.63, 3.8) is 0 Å². The first kappa shape index (κ1) is 17.7. The Balaban J connectivity index is 0.00000154. The molecule has 0 aromatic rings. The minimum atomic E-state index is -0.588. The largest absolute Gasteiger partial charge is 0.444 e. The van der Waals surface area contributed by atoms with Gasteiger partial charge in [-0.2, -0.15) is 0 Å². The molecule has 0 spiro atoms. The zero-order chi connectivity index (χ0) is 14.9. The van der Waals surface area contributed by atoms with Crippen molar-refractivity contribution in [2.45, 2.75) is 52.7 Å². The van der Waals surface area contributed by atoms with Crippen molar-refractivity contribution in [1.82, 2.24) is 10.6 Å². The van der Waals surface area contributed by atoms with E-state index in [0.717, 1.165) is 6.42 Å². The third-order valence-electron chi connectivity index (χ3n) is 2.09. The molecule has 0 aromatic heterocycles. The van der Waals surface area contributed by atoms with Crippen molar-refractivity contribution in [3.8, 4) is 0 Å². The van der Waals surface area contributed by atoms with Crippen molar-refractivity contribution in [3.05, 3.63) is 0 Å². The fourth-order valence-electron chi connectivity index (χ4n) is 1.39. The number of ether oxygens (including phenoxy) is 2. The maximum atomic E-state index is 11.4. The summed E-state index contributed by atoms with van der Waals surface area (Å²) < 4.78 is 10.1. The van der Waals surface area contributed by atoms with Gasteiger partial charge in [-0.05, 0) is 27.2 Å². The molecule has 112 valence electrons. The predicted molar refractivity (Wildman–Crippen MR) is 73.0 cm³/mol. The average molecular weight is 274 g/mol. The summed E-state index contributed by atoms with van der Waals surface area (Å²) in [5.41, 5.74) is -0.556. The Bertz CT molecular complexity index is 281. The van der Waals surface area contributed by atoms with Gasteiger partial charge in [0.25, 0.3) is 0 Å². The molecular formula is C13H26N2O4. The zero-order valence-corrected chi connectivity index (χ0v) is 12.5. The molecule has 1 atom stereocenters. The summed E-state index contributed by atoms with van der Waals surface area (Å²) in [6, 6.07) is 0.0583. The van der Waals surface area contributed by atoms with Crippen LogP contribution < -0.4 is 10.6 Å². The summed E-state index contributed by atoms with van der Waals surface area (Å²) in [5.74, 6) is -0.230. The predicted octanol–water partition coefficient (Wildman–Crippen LogP) is 1.44. The third-order valence-corrected chi connectivity index (χ3v) is 2.09. The topological polar surface area (TPSA) is 76.7 Å². The van der Waals surface area contributed by atoms with Gasteiger partial charge in [0.1, 0.15) is 12.1 Å². The lowest BCUT2D eigenvalue weighted by Gasteiger charge is -2.19. The second-order valence-corrected chi connectivity index (χ2v) is 4.98. The molecule has 1 saturated heterocycles. The molecule has 6 heteroatoms. The van der Waals surface area contributed by atoms with Gasteiger partial charge in [0.2, 0.25) is 5.91 Å². The Morgan fingerprint density at radius 2 is 1.95 bits per heavy atom. The molecule has 19 heavy (non-hydrogen) atoms. The highest BCUT2D eigenvalue weighted by Crippen LogP contribution is 2.06. The first-order chi connectivity index (χ1) is 8.87. The van der Waals surface area contributed by atoms with Crippen LogP contribution in [0, 0.1) is 0 Å². The van der Waals surface area contributed by atoms with E-state index < -0.39 is 11.7 Å². The van der Waals surface area contributed by atoms with Crippen molar-refractivity contribution >= 4 is 12.0 Å². The minimum Gasteiger partial charge on any atom is -0.444 e. The Hall–Kier alpha value is -1.30. The lowest BCUT2D eigenvalue weighted by atomic mass is 10.2. The van der Waals surface area contributed by atoms with Gasteiger partial charge in [0.05, 0.1) is 12.6 Å². The highest BCUT2D eigenvalue weighted by atomic mass is 16.6. The van der Waals surface area contributed by atoms with E-state index in [1.165, 1.54) is 0 Å². The molecule has 2 N–H and O–H groups in total. The van der Waals surface area contributed by atoms with E-state index in [0.29, 0.717) is 13.2 Å². The first-order valence-corrected chi connectivity index (χ1v) is 6.71. The average Bonchev–Trinajstić information content (AvgIpc) is 2.80. The Morgan fingerprint density at radius 1 is 1.32 bits per heavy atom. The standard InChI is InChI=1S/C11H20N2O4.C2H6/c1-11(2,3)17-10(15)12-6-9(14)13-8-4-5-16-7-8;1-2/h8H,4-7H2,1-3H3,(H,12,15)(H,13,14);1-2H3. The summed E-state index contributed by atoms with van der Waals surface area (Å²) >= 11 is 0. The summed E-state index contributed by atoms with van der Waals surface area (Å²) in [4.78, 5) is 22.7. The molecule has 1 heterocycles. The Labute approximate surface area is 115 Å². The number of amides is 2. The number of carbonyl (C=O) groups is 2. The van der Waals surface area contributed by atoms with Crippen LogP contribution >= 0.6 is 0 Å². The van der Waals surface area contributed by atoms with E-state index in [-0.39, 0.29) is 18.5 Å². The van der Waals surface area contributed by atoms with Gasteiger partial charge >= 0.3 is 6.09 Å². The lowest BCUT2D eigenvalue weighted by Crippen LogP contribution is -2.43. The van der Waals surface area contributed by atoms with Crippen LogP contribution in [0.25, 0.3) is 0 Å². The first-order valence-electron chi connectivity index (χ1n) is 6.71. The van der Waals surface area contributed by atoms with Crippen molar-refractivity contribution < 1.29 is 19.1 Å². The highest BCUT2D eigenvalue weighted by molar-refractivity contribution is 5.82. The van der Waals surface area contributed by atoms with Crippen LogP contribution in [0.1, 0.15) is 41.0 Å². The second kappa shape index (κ2) is 8.74. The monoisotopic (exact) mass is 274 g/mol. The fraction of sp³-hybridized carbons (Fsp3) is 0.846. The van der Waals surface area contributed by atoms with Crippen molar-refractivity contribution in [1.29, 1.82) is 0 Å². The number of carbonyl (C=O) groups excluding carboxylic acids is 2. The van der Waals surface area contributed by atoms with Gasteiger partial charge in [-0.25, -0.2) is 4.79 Å². The number of rotatable bonds is 3. The van der Waals surface area contributed by atoms with Crippen LogP contribution in [0.2, 0.25) is 0 Å². The van der Waals surface area contributed by atoms with Gasteiger partial charge in [0.15, 0.2) is 0 Å². The van der Waals surface area contributed by atoms with E-state index in [9.17, 15) is 9.59 Å². The molecule has 1 aliphatic heterocycles. The van der Waals surface area contributed by atoms with Gasteiger partial charge in [-0.15, -0.1) is 0 Å². The quantitative estimate of drug-likeness (QED) is 0.816. The van der Waals surface area contributed by atoms with Gasteiger partial charge in [-0.1, -0.05) is 13.8 Å². The molecule has 1 fully saturated rings. The summed E-state index contributed by atoms with van der Waals surface area (Å²) in [5, 5.41) is 5.16. The lowest BCUT2D eigenvalue weighted by molar-refractivity contribution is -0.121. The van der Waals surface area contributed by atoms with Gasteiger partial charge in [0, 0.05) is 6.61 Å².